The monoisotopic (exact) mass is 185 g/mol. The Morgan fingerprint density at radius 3 is 2.23 bits per heavy atom. The average Bonchev–Trinajstić information content (AvgIpc) is 2.36. The molecule has 1 nitrogen and oxygen atoms in total. The van der Waals surface area contributed by atoms with Crippen molar-refractivity contribution in [1.29, 1.82) is 0 Å². The molecule has 0 fully saturated rings. The summed E-state index contributed by atoms with van der Waals surface area (Å²) < 4.78 is 0. The summed E-state index contributed by atoms with van der Waals surface area (Å²) in [5.74, 6) is 0.748. The van der Waals surface area contributed by atoms with Crippen molar-refractivity contribution in [2.45, 2.75) is 41.0 Å². The SMILES string of the molecule is CC.CC.CC1C=CCCN(C)C1. The van der Waals surface area contributed by atoms with Crippen molar-refractivity contribution < 1.29 is 0 Å². The number of hydrogen-bond donors (Lipinski definition) is 0. The molecule has 0 radical (unpaired) electrons. The summed E-state index contributed by atoms with van der Waals surface area (Å²) in [7, 11) is 2.18. The van der Waals surface area contributed by atoms with E-state index in [1.165, 1.54) is 19.5 Å². The van der Waals surface area contributed by atoms with Crippen LogP contribution in [-0.4, -0.2) is 25.0 Å². The van der Waals surface area contributed by atoms with Crippen molar-refractivity contribution >= 4 is 0 Å². The molecule has 0 aromatic heterocycles. The summed E-state index contributed by atoms with van der Waals surface area (Å²) in [6, 6.07) is 0. The zero-order valence-electron chi connectivity index (χ0n) is 10.3. The molecule has 0 N–H and O–H groups in total. The van der Waals surface area contributed by atoms with Crippen LogP contribution in [0.25, 0.3) is 0 Å². The minimum atomic E-state index is 0.748. The van der Waals surface area contributed by atoms with E-state index < -0.39 is 0 Å². The molecule has 1 rings (SSSR count). The zero-order chi connectivity index (χ0) is 10.7. The minimum absolute atomic E-state index is 0.748. The molecule has 0 saturated carbocycles. The summed E-state index contributed by atoms with van der Waals surface area (Å²) in [6.07, 6.45) is 5.82. The fourth-order valence-electron chi connectivity index (χ4n) is 1.27. The van der Waals surface area contributed by atoms with Gasteiger partial charge in [0.1, 0.15) is 0 Å². The molecule has 0 spiro atoms. The van der Waals surface area contributed by atoms with Crippen LogP contribution in [0, 0.1) is 5.92 Å². The first-order chi connectivity index (χ1) is 6.29. The van der Waals surface area contributed by atoms with E-state index >= 15 is 0 Å². The summed E-state index contributed by atoms with van der Waals surface area (Å²) in [5.41, 5.74) is 0. The van der Waals surface area contributed by atoms with E-state index in [0.29, 0.717) is 0 Å². The normalized spacial score (nSPS) is 21.8. The molecule has 0 aromatic carbocycles. The highest BCUT2D eigenvalue weighted by Gasteiger charge is 2.04. The van der Waals surface area contributed by atoms with Gasteiger partial charge in [-0.25, -0.2) is 0 Å². The van der Waals surface area contributed by atoms with Gasteiger partial charge in [-0.1, -0.05) is 46.8 Å². The molecule has 13 heavy (non-hydrogen) atoms. The first-order valence-electron chi connectivity index (χ1n) is 5.64. The number of nitrogens with zero attached hydrogens (tertiary/aromatic N) is 1. The molecule has 1 aliphatic heterocycles. The number of rotatable bonds is 0. The molecule has 1 aliphatic rings. The van der Waals surface area contributed by atoms with Crippen molar-refractivity contribution in [3.05, 3.63) is 12.2 Å². The van der Waals surface area contributed by atoms with Gasteiger partial charge in [-0.2, -0.15) is 0 Å². The van der Waals surface area contributed by atoms with E-state index in [2.05, 4.69) is 31.0 Å². The molecular weight excluding hydrogens is 158 g/mol. The quantitative estimate of drug-likeness (QED) is 0.522. The van der Waals surface area contributed by atoms with Crippen LogP contribution >= 0.6 is 0 Å². The minimum Gasteiger partial charge on any atom is -0.305 e. The Morgan fingerprint density at radius 2 is 1.69 bits per heavy atom. The van der Waals surface area contributed by atoms with Crippen LogP contribution in [0.4, 0.5) is 0 Å². The Kier molecular flexibility index (Phi) is 13.7. The summed E-state index contributed by atoms with van der Waals surface area (Å²) in [4.78, 5) is 2.38. The van der Waals surface area contributed by atoms with Crippen LogP contribution in [0.1, 0.15) is 41.0 Å². The first-order valence-corrected chi connectivity index (χ1v) is 5.64. The lowest BCUT2D eigenvalue weighted by Gasteiger charge is -2.14. The van der Waals surface area contributed by atoms with Crippen LogP contribution in [0.15, 0.2) is 12.2 Å². The lowest BCUT2D eigenvalue weighted by molar-refractivity contribution is 0.322. The predicted octanol–water partition coefficient (Wildman–Crippen LogP) is 3.57. The third-order valence-corrected chi connectivity index (χ3v) is 1.74. The largest absolute Gasteiger partial charge is 0.305 e. The number of hydrogen-bond acceptors (Lipinski definition) is 1. The van der Waals surface area contributed by atoms with Crippen LogP contribution in [0.2, 0.25) is 0 Å². The third-order valence-electron chi connectivity index (χ3n) is 1.74. The van der Waals surface area contributed by atoms with Crippen molar-refractivity contribution in [2.75, 3.05) is 20.1 Å². The average molecular weight is 185 g/mol. The maximum absolute atomic E-state index is 2.38. The van der Waals surface area contributed by atoms with Crippen molar-refractivity contribution in [1.82, 2.24) is 4.90 Å². The zero-order valence-corrected chi connectivity index (χ0v) is 10.3. The highest BCUT2D eigenvalue weighted by atomic mass is 15.1. The third kappa shape index (κ3) is 9.62. The van der Waals surface area contributed by atoms with Gasteiger partial charge in [0.25, 0.3) is 0 Å². The van der Waals surface area contributed by atoms with Gasteiger partial charge in [0.05, 0.1) is 0 Å². The first kappa shape index (κ1) is 15.2. The van der Waals surface area contributed by atoms with Gasteiger partial charge in [0, 0.05) is 13.1 Å². The summed E-state index contributed by atoms with van der Waals surface area (Å²) in [6.45, 7) is 12.7. The fraction of sp³-hybridized carbons (Fsp3) is 0.833. The lowest BCUT2D eigenvalue weighted by Crippen LogP contribution is -2.22. The molecular formula is C12H27N. The topological polar surface area (TPSA) is 3.24 Å². The van der Waals surface area contributed by atoms with Crippen LogP contribution in [-0.2, 0) is 0 Å². The summed E-state index contributed by atoms with van der Waals surface area (Å²) in [5, 5.41) is 0. The van der Waals surface area contributed by atoms with E-state index in [1.54, 1.807) is 0 Å². The molecule has 0 bridgehead atoms. The Hall–Kier alpha value is -0.300. The molecule has 80 valence electrons. The second-order valence-electron chi connectivity index (χ2n) is 2.96. The maximum Gasteiger partial charge on any atom is 0.00387 e. The smallest absolute Gasteiger partial charge is 0.00387 e. The van der Waals surface area contributed by atoms with E-state index in [4.69, 9.17) is 0 Å². The Balaban J connectivity index is 0. The van der Waals surface area contributed by atoms with Gasteiger partial charge in [0.15, 0.2) is 0 Å². The van der Waals surface area contributed by atoms with E-state index in [-0.39, 0.29) is 0 Å². The highest BCUT2D eigenvalue weighted by Crippen LogP contribution is 2.05. The predicted molar refractivity (Wildman–Crippen MR) is 63.1 cm³/mol. The molecule has 1 atom stereocenters. The van der Waals surface area contributed by atoms with Crippen LogP contribution < -0.4 is 0 Å². The molecule has 1 heterocycles. The molecule has 0 saturated heterocycles. The van der Waals surface area contributed by atoms with Gasteiger partial charge in [0.2, 0.25) is 0 Å². The molecule has 0 aliphatic carbocycles. The Labute approximate surface area is 84.8 Å². The molecule has 0 amide bonds. The van der Waals surface area contributed by atoms with Crippen molar-refractivity contribution in [2.24, 2.45) is 5.92 Å². The Morgan fingerprint density at radius 1 is 1.15 bits per heavy atom. The van der Waals surface area contributed by atoms with Crippen LogP contribution in [0.3, 0.4) is 0 Å². The van der Waals surface area contributed by atoms with Crippen molar-refractivity contribution in [3.63, 3.8) is 0 Å². The van der Waals surface area contributed by atoms with E-state index in [9.17, 15) is 0 Å². The molecule has 0 aromatic rings. The van der Waals surface area contributed by atoms with Gasteiger partial charge < -0.3 is 4.90 Å². The summed E-state index contributed by atoms with van der Waals surface area (Å²) >= 11 is 0. The Bertz CT molecular complexity index is 108. The van der Waals surface area contributed by atoms with Crippen molar-refractivity contribution in [3.8, 4) is 0 Å². The maximum atomic E-state index is 2.38. The van der Waals surface area contributed by atoms with Gasteiger partial charge in [-0.05, 0) is 19.4 Å². The van der Waals surface area contributed by atoms with Gasteiger partial charge >= 0.3 is 0 Å². The van der Waals surface area contributed by atoms with E-state index in [0.717, 1.165) is 5.92 Å². The van der Waals surface area contributed by atoms with E-state index in [1.807, 2.05) is 27.7 Å². The van der Waals surface area contributed by atoms with Crippen LogP contribution in [0.5, 0.6) is 0 Å². The highest BCUT2D eigenvalue weighted by molar-refractivity contribution is 4.90. The molecule has 1 unspecified atom stereocenters. The standard InChI is InChI=1S/C8H15N.2C2H6/c1-8-5-3-4-6-9(2)7-8;2*1-2/h3,5,8H,4,6-7H2,1-2H3;2*1-2H3. The van der Waals surface area contributed by atoms with Gasteiger partial charge in [-0.3, -0.25) is 0 Å². The second kappa shape index (κ2) is 11.7. The second-order valence-corrected chi connectivity index (χ2v) is 2.96. The lowest BCUT2D eigenvalue weighted by atomic mass is 10.2. The fourth-order valence-corrected chi connectivity index (χ4v) is 1.27. The van der Waals surface area contributed by atoms with Gasteiger partial charge in [-0.15, -0.1) is 0 Å². The molecule has 1 heteroatoms.